The van der Waals surface area contributed by atoms with E-state index in [4.69, 9.17) is 9.30 Å². The minimum absolute atomic E-state index is 0. The van der Waals surface area contributed by atoms with Gasteiger partial charge in [-0.1, -0.05) is 109 Å². The molecule has 283 valence electrons. The first kappa shape index (κ1) is 41.1. The van der Waals surface area contributed by atoms with Gasteiger partial charge in [-0.3, -0.25) is 0 Å². The summed E-state index contributed by atoms with van der Waals surface area (Å²) in [5.74, 6) is 0. The van der Waals surface area contributed by atoms with E-state index in [9.17, 15) is 0 Å². The predicted octanol–water partition coefficient (Wildman–Crippen LogP) is 12.9. The number of nitrogens with zero attached hydrogens (tertiary/aromatic N) is 2. The molecule has 1 aliphatic heterocycles. The Morgan fingerprint density at radius 1 is 0.448 bits per heavy atom. The molecule has 0 bridgehead atoms. The summed E-state index contributed by atoms with van der Waals surface area (Å²) in [5.41, 5.74) is 16.5. The van der Waals surface area contributed by atoms with Crippen LogP contribution in [0.5, 0.6) is 0 Å². The average molecular weight is 925 g/mol. The second-order valence-electron chi connectivity index (χ2n) is 13.4. The summed E-state index contributed by atoms with van der Waals surface area (Å²) in [4.78, 5) is 4.46. The molecular formula is C53H36IrN2O2-4. The summed E-state index contributed by atoms with van der Waals surface area (Å²) < 4.78 is 15.0. The molecule has 0 amide bonds. The van der Waals surface area contributed by atoms with Crippen molar-refractivity contribution in [2.75, 3.05) is 9.80 Å². The van der Waals surface area contributed by atoms with Gasteiger partial charge in [-0.15, -0.1) is 29.5 Å². The van der Waals surface area contributed by atoms with Gasteiger partial charge in [0, 0.05) is 37.2 Å². The topological polar surface area (TPSA) is 46.3 Å². The molecule has 8 aromatic rings. The zero-order valence-electron chi connectivity index (χ0n) is 31.4. The van der Waals surface area contributed by atoms with Crippen molar-refractivity contribution in [2.24, 2.45) is 0 Å². The van der Waals surface area contributed by atoms with E-state index in [0.717, 1.165) is 46.7 Å². The molecule has 5 heteroatoms. The van der Waals surface area contributed by atoms with Gasteiger partial charge < -0.3 is 9.80 Å². The van der Waals surface area contributed by atoms with Crippen LogP contribution < -0.4 is 9.80 Å². The maximum absolute atomic E-state index is 7.50. The zero-order valence-corrected chi connectivity index (χ0v) is 33.8. The Morgan fingerprint density at radius 2 is 0.966 bits per heavy atom. The second-order valence-corrected chi connectivity index (χ2v) is 13.4. The van der Waals surface area contributed by atoms with Crippen LogP contribution in [0.2, 0.25) is 0 Å². The van der Waals surface area contributed by atoms with E-state index in [-0.39, 0.29) is 20.1 Å². The van der Waals surface area contributed by atoms with Crippen LogP contribution in [0, 0.1) is 38.2 Å². The van der Waals surface area contributed by atoms with Crippen molar-refractivity contribution >= 4 is 22.7 Å². The number of para-hydroxylation sites is 3. The van der Waals surface area contributed by atoms with Crippen molar-refractivity contribution < 1.29 is 29.4 Å². The Kier molecular flexibility index (Phi) is 14.2. The quantitative estimate of drug-likeness (QED) is 0.107. The molecule has 1 aliphatic rings. The maximum Gasteiger partial charge on any atom is 0.0344 e. The molecule has 8 aromatic carbocycles. The Morgan fingerprint density at radius 3 is 1.52 bits per heavy atom. The minimum atomic E-state index is 0. The molecule has 0 saturated carbocycles. The minimum Gasteiger partial charge on any atom is -0.493 e. The third-order valence-corrected chi connectivity index (χ3v) is 9.99. The molecule has 1 heterocycles. The molecule has 0 fully saturated rings. The van der Waals surface area contributed by atoms with E-state index in [2.05, 4.69) is 224 Å². The van der Waals surface area contributed by atoms with Crippen molar-refractivity contribution in [2.45, 2.75) is 12.8 Å². The average Bonchev–Trinajstić information content (AvgIpc) is 3.70. The van der Waals surface area contributed by atoms with Gasteiger partial charge in [0.1, 0.15) is 0 Å². The summed E-state index contributed by atoms with van der Waals surface area (Å²) in [6, 6.07) is 76.8. The van der Waals surface area contributed by atoms with E-state index in [1.165, 1.54) is 44.5 Å². The Labute approximate surface area is 354 Å². The van der Waals surface area contributed by atoms with E-state index < -0.39 is 0 Å². The fraction of sp³-hybridized carbons (Fsp3) is 0.0377. The van der Waals surface area contributed by atoms with Gasteiger partial charge >= 0.3 is 22.6 Å². The van der Waals surface area contributed by atoms with Crippen molar-refractivity contribution in [1.82, 2.24) is 0 Å². The van der Waals surface area contributed by atoms with Gasteiger partial charge in [0.2, 0.25) is 0 Å². The predicted molar refractivity (Wildman–Crippen MR) is 228 cm³/mol. The van der Waals surface area contributed by atoms with Crippen LogP contribution in [0.4, 0.5) is 22.7 Å². The molecule has 0 unspecified atom stereocenters. The fourth-order valence-corrected chi connectivity index (χ4v) is 7.39. The maximum atomic E-state index is 7.50. The molecule has 0 aromatic heterocycles. The molecule has 0 atom stereocenters. The molecule has 1 radical (unpaired) electrons. The first-order valence-corrected chi connectivity index (χ1v) is 18.5. The molecule has 9 rings (SSSR count). The van der Waals surface area contributed by atoms with Crippen LogP contribution in [0.1, 0.15) is 11.1 Å². The smallest absolute Gasteiger partial charge is 0.0344 e. The largest absolute Gasteiger partial charge is 0.493 e. The van der Waals surface area contributed by atoms with Crippen molar-refractivity contribution in [3.05, 3.63) is 237 Å². The molecule has 0 spiro atoms. The van der Waals surface area contributed by atoms with E-state index in [1.54, 1.807) is 0 Å². The number of fused-ring (bicyclic) bond motifs is 1. The molecule has 0 saturated heterocycles. The van der Waals surface area contributed by atoms with Crippen LogP contribution >= 0.6 is 0 Å². The number of aryl methyl sites for hydroxylation is 2. The Hall–Kier alpha value is -6.51. The first-order chi connectivity index (χ1) is 28.3. The van der Waals surface area contributed by atoms with Gasteiger partial charge in [0.05, 0.1) is 0 Å². The standard InChI is InChI=1S/C51H36N2.2CO.Ir/c1-4-16-38(17-5-1)28-29-39-34-42(48-24-12-10-22-46(48)40-18-6-2-7-19-40)36-43(35-39)49-25-13-11-23-47(49)41-30-32-45(33-31-41)53-37-52(44-20-8-3-9-21-44)50-26-14-15-27-51(50)53;2*1-2;/h1-4,6,8-27,30-32,34-37H,28-29H2;;;/q-4;;;. The third kappa shape index (κ3) is 9.03. The van der Waals surface area contributed by atoms with Crippen LogP contribution in [0.15, 0.2) is 188 Å². The molecule has 0 N–H and O–H groups in total. The SMILES string of the molecule is [C-]#[O+].[C-]#[O+].[Ir].[c-]1cccc(CCc2cc(-c3ccccc3-c3c[c-]ccc3)cc(-c3ccccc3-c3c[c-]c(N4[CH-]N(c5ccccc5)c5ccccc54)cc3)c2)c1. The number of hydrogen-bond donors (Lipinski definition) is 0. The number of benzene rings is 8. The zero-order chi connectivity index (χ0) is 39.4. The third-order valence-electron chi connectivity index (χ3n) is 9.99. The molecular weight excluding hydrogens is 889 g/mol. The van der Waals surface area contributed by atoms with Gasteiger partial charge in [-0.05, 0) is 64.6 Å². The molecule has 58 heavy (non-hydrogen) atoms. The van der Waals surface area contributed by atoms with Crippen molar-refractivity contribution in [3.8, 4) is 44.5 Å². The normalized spacial score (nSPS) is 11.2. The van der Waals surface area contributed by atoms with Crippen molar-refractivity contribution in [1.29, 1.82) is 0 Å². The Bertz CT molecular complexity index is 2580. The summed E-state index contributed by atoms with van der Waals surface area (Å²) >= 11 is 0. The number of anilines is 4. The van der Waals surface area contributed by atoms with E-state index in [1.807, 2.05) is 12.1 Å². The van der Waals surface area contributed by atoms with Gasteiger partial charge in [-0.2, -0.15) is 84.4 Å². The van der Waals surface area contributed by atoms with Crippen LogP contribution in [0.3, 0.4) is 0 Å². The Balaban J connectivity index is 0.00000110. The first-order valence-electron chi connectivity index (χ1n) is 18.5. The second kappa shape index (κ2) is 20.1. The van der Waals surface area contributed by atoms with Gasteiger partial charge in [0.15, 0.2) is 0 Å². The van der Waals surface area contributed by atoms with Gasteiger partial charge in [-0.25, -0.2) is 0 Å². The van der Waals surface area contributed by atoms with E-state index in [0.29, 0.717) is 0 Å². The van der Waals surface area contributed by atoms with Crippen LogP contribution in [0.25, 0.3) is 44.5 Å². The number of rotatable bonds is 9. The summed E-state index contributed by atoms with van der Waals surface area (Å²) in [5, 5.41) is 0. The summed E-state index contributed by atoms with van der Waals surface area (Å²) in [6.45, 7) is 11.2. The van der Waals surface area contributed by atoms with Gasteiger partial charge in [0.25, 0.3) is 0 Å². The summed E-state index contributed by atoms with van der Waals surface area (Å²) in [7, 11) is 0. The fourth-order valence-electron chi connectivity index (χ4n) is 7.39. The number of hydrogen-bond acceptors (Lipinski definition) is 2. The monoisotopic (exact) mass is 925 g/mol. The van der Waals surface area contributed by atoms with Crippen LogP contribution in [-0.2, 0) is 42.3 Å². The molecule has 4 nitrogen and oxygen atoms in total. The van der Waals surface area contributed by atoms with E-state index >= 15 is 0 Å². The van der Waals surface area contributed by atoms with Crippen LogP contribution in [-0.4, -0.2) is 0 Å². The summed E-state index contributed by atoms with van der Waals surface area (Å²) in [6.07, 6.45) is 1.88. The van der Waals surface area contributed by atoms with Crippen molar-refractivity contribution in [3.63, 3.8) is 0 Å². The molecule has 0 aliphatic carbocycles.